The quantitative estimate of drug-likeness (QED) is 0.626. The van der Waals surface area contributed by atoms with Crippen LogP contribution in [-0.2, 0) is 4.74 Å². The van der Waals surface area contributed by atoms with Crippen LogP contribution in [0.5, 0.6) is 5.75 Å². The molecule has 1 fully saturated rings. The number of ether oxygens (including phenoxy) is 2. The van der Waals surface area contributed by atoms with Gasteiger partial charge < -0.3 is 14.4 Å². The van der Waals surface area contributed by atoms with Gasteiger partial charge in [0.25, 0.3) is 0 Å². The van der Waals surface area contributed by atoms with Crippen LogP contribution in [0.4, 0.5) is 11.4 Å². The van der Waals surface area contributed by atoms with Crippen LogP contribution in [0.1, 0.15) is 20.3 Å². The van der Waals surface area contributed by atoms with Crippen LogP contribution in [-0.4, -0.2) is 37.3 Å². The molecule has 1 aromatic carbocycles. The lowest BCUT2D eigenvalue weighted by atomic mass is 10.1. The molecule has 0 saturated carbocycles. The van der Waals surface area contributed by atoms with E-state index in [2.05, 4.69) is 11.8 Å². The van der Waals surface area contributed by atoms with Crippen LogP contribution in [0.15, 0.2) is 18.2 Å². The highest BCUT2D eigenvalue weighted by molar-refractivity contribution is 5.59. The first kappa shape index (κ1) is 14.6. The molecule has 6 nitrogen and oxygen atoms in total. The Labute approximate surface area is 118 Å². The molecule has 6 heteroatoms. The van der Waals surface area contributed by atoms with Gasteiger partial charge in [0, 0.05) is 30.9 Å². The highest BCUT2D eigenvalue weighted by Crippen LogP contribution is 2.32. The Hall–Kier alpha value is -1.82. The Kier molecular flexibility index (Phi) is 4.44. The Morgan fingerprint density at radius 3 is 2.85 bits per heavy atom. The minimum atomic E-state index is -0.431. The fourth-order valence-corrected chi connectivity index (χ4v) is 2.50. The van der Waals surface area contributed by atoms with Crippen molar-refractivity contribution < 1.29 is 14.4 Å². The first-order chi connectivity index (χ1) is 9.55. The summed E-state index contributed by atoms with van der Waals surface area (Å²) < 4.78 is 10.9. The van der Waals surface area contributed by atoms with Gasteiger partial charge in [-0.15, -0.1) is 0 Å². The van der Waals surface area contributed by atoms with Crippen LogP contribution in [0.25, 0.3) is 0 Å². The van der Waals surface area contributed by atoms with Gasteiger partial charge in [0.15, 0.2) is 5.75 Å². The molecule has 1 heterocycles. The molecule has 0 radical (unpaired) electrons. The summed E-state index contributed by atoms with van der Waals surface area (Å²) in [6.45, 7) is 5.70. The zero-order chi connectivity index (χ0) is 14.7. The van der Waals surface area contributed by atoms with E-state index < -0.39 is 4.92 Å². The Morgan fingerprint density at radius 2 is 2.25 bits per heavy atom. The van der Waals surface area contributed by atoms with Crippen molar-refractivity contribution in [1.29, 1.82) is 0 Å². The molecule has 0 aliphatic carbocycles. The van der Waals surface area contributed by atoms with Gasteiger partial charge in [0.1, 0.15) is 0 Å². The molecule has 0 aromatic heterocycles. The molecule has 0 amide bonds. The molecule has 1 aliphatic heterocycles. The topological polar surface area (TPSA) is 64.8 Å². The Morgan fingerprint density at radius 1 is 1.50 bits per heavy atom. The fraction of sp³-hybridized carbons (Fsp3) is 0.571. The van der Waals surface area contributed by atoms with Gasteiger partial charge in [-0.2, -0.15) is 0 Å². The van der Waals surface area contributed by atoms with Gasteiger partial charge in [-0.3, -0.25) is 10.1 Å². The van der Waals surface area contributed by atoms with Crippen molar-refractivity contribution in [1.82, 2.24) is 0 Å². The molecule has 0 N–H and O–H groups in total. The molecule has 1 aliphatic rings. The molecule has 2 unspecified atom stereocenters. The average Bonchev–Trinajstić information content (AvgIpc) is 2.45. The lowest BCUT2D eigenvalue weighted by Crippen LogP contribution is -2.46. The van der Waals surface area contributed by atoms with Gasteiger partial charge >= 0.3 is 5.69 Å². The minimum Gasteiger partial charge on any atom is -0.490 e. The first-order valence-electron chi connectivity index (χ1n) is 6.78. The summed E-state index contributed by atoms with van der Waals surface area (Å²) in [6, 6.07) is 4.99. The second-order valence-corrected chi connectivity index (χ2v) is 5.00. The number of methoxy groups -OCH3 is 1. The smallest absolute Gasteiger partial charge is 0.311 e. The molecule has 110 valence electrons. The SMILES string of the molecule is CCC1CN(c2ccc([N+](=O)[O-])c(OC)c2)CC(C)O1. The largest absolute Gasteiger partial charge is 0.490 e. The number of nitro benzene ring substituents is 1. The predicted octanol–water partition coefficient (Wildman–Crippen LogP) is 2.61. The number of hydrogen-bond acceptors (Lipinski definition) is 5. The van der Waals surface area contributed by atoms with E-state index in [-0.39, 0.29) is 17.9 Å². The minimum absolute atomic E-state index is 0.00963. The Bertz CT molecular complexity index is 492. The van der Waals surface area contributed by atoms with Crippen LogP contribution >= 0.6 is 0 Å². The van der Waals surface area contributed by atoms with Crippen molar-refractivity contribution in [2.24, 2.45) is 0 Å². The standard InChI is InChI=1S/C14H20N2O4/c1-4-12-9-15(8-10(2)20-12)11-5-6-13(16(17)18)14(7-11)19-3/h5-7,10,12H,4,8-9H2,1-3H3. The third-order valence-electron chi connectivity index (χ3n) is 3.51. The van der Waals surface area contributed by atoms with E-state index >= 15 is 0 Å². The second kappa shape index (κ2) is 6.09. The molecular formula is C14H20N2O4. The van der Waals surface area contributed by atoms with Crippen molar-refractivity contribution in [3.05, 3.63) is 28.3 Å². The van der Waals surface area contributed by atoms with Crippen LogP contribution in [0.3, 0.4) is 0 Å². The number of morpholine rings is 1. The monoisotopic (exact) mass is 280 g/mol. The average molecular weight is 280 g/mol. The van der Waals surface area contributed by atoms with Gasteiger partial charge in [-0.1, -0.05) is 6.92 Å². The predicted molar refractivity (Wildman–Crippen MR) is 76.5 cm³/mol. The van der Waals surface area contributed by atoms with E-state index in [9.17, 15) is 10.1 Å². The maximum absolute atomic E-state index is 10.9. The van der Waals surface area contributed by atoms with Crippen LogP contribution in [0.2, 0.25) is 0 Å². The van der Waals surface area contributed by atoms with Crippen molar-refractivity contribution in [3.8, 4) is 5.75 Å². The maximum atomic E-state index is 10.9. The van der Waals surface area contributed by atoms with Crippen molar-refractivity contribution in [2.75, 3.05) is 25.1 Å². The lowest BCUT2D eigenvalue weighted by molar-refractivity contribution is -0.385. The summed E-state index contributed by atoms with van der Waals surface area (Å²) in [4.78, 5) is 12.7. The van der Waals surface area contributed by atoms with Crippen molar-refractivity contribution in [2.45, 2.75) is 32.5 Å². The molecule has 0 bridgehead atoms. The lowest BCUT2D eigenvalue weighted by Gasteiger charge is -2.38. The Balaban J connectivity index is 2.26. The summed E-state index contributed by atoms with van der Waals surface area (Å²) in [7, 11) is 1.45. The van der Waals surface area contributed by atoms with Crippen molar-refractivity contribution >= 4 is 11.4 Å². The van der Waals surface area contributed by atoms with E-state index in [1.54, 1.807) is 12.1 Å². The molecule has 2 rings (SSSR count). The number of anilines is 1. The molecular weight excluding hydrogens is 260 g/mol. The summed E-state index contributed by atoms with van der Waals surface area (Å²) in [6.07, 6.45) is 1.29. The van der Waals surface area contributed by atoms with E-state index in [1.165, 1.54) is 13.2 Å². The van der Waals surface area contributed by atoms with Gasteiger partial charge in [0.2, 0.25) is 0 Å². The fourth-order valence-electron chi connectivity index (χ4n) is 2.50. The zero-order valence-electron chi connectivity index (χ0n) is 12.0. The van der Waals surface area contributed by atoms with E-state index in [0.717, 1.165) is 25.2 Å². The summed E-state index contributed by atoms with van der Waals surface area (Å²) in [5.74, 6) is 0.291. The first-order valence-corrected chi connectivity index (χ1v) is 6.78. The number of rotatable bonds is 4. The highest BCUT2D eigenvalue weighted by Gasteiger charge is 2.25. The number of nitro groups is 1. The molecule has 1 aromatic rings. The van der Waals surface area contributed by atoms with Gasteiger partial charge in [0.05, 0.1) is 24.2 Å². The van der Waals surface area contributed by atoms with E-state index in [0.29, 0.717) is 5.75 Å². The van der Waals surface area contributed by atoms with E-state index in [1.807, 2.05) is 6.92 Å². The third kappa shape index (κ3) is 3.01. The van der Waals surface area contributed by atoms with E-state index in [4.69, 9.17) is 9.47 Å². The van der Waals surface area contributed by atoms with Gasteiger partial charge in [-0.05, 0) is 19.4 Å². The number of nitrogens with zero attached hydrogens (tertiary/aromatic N) is 2. The molecule has 1 saturated heterocycles. The number of benzene rings is 1. The molecule has 0 spiro atoms. The van der Waals surface area contributed by atoms with Gasteiger partial charge in [-0.25, -0.2) is 0 Å². The summed E-state index contributed by atoms with van der Waals surface area (Å²) >= 11 is 0. The maximum Gasteiger partial charge on any atom is 0.311 e. The number of hydrogen-bond donors (Lipinski definition) is 0. The normalized spacial score (nSPS) is 22.6. The summed E-state index contributed by atoms with van der Waals surface area (Å²) in [5, 5.41) is 10.9. The highest BCUT2D eigenvalue weighted by atomic mass is 16.6. The van der Waals surface area contributed by atoms with Crippen LogP contribution < -0.4 is 9.64 Å². The van der Waals surface area contributed by atoms with Crippen LogP contribution in [0, 0.1) is 10.1 Å². The second-order valence-electron chi connectivity index (χ2n) is 5.00. The molecule has 20 heavy (non-hydrogen) atoms. The summed E-state index contributed by atoms with van der Waals surface area (Å²) in [5.41, 5.74) is 0.922. The van der Waals surface area contributed by atoms with Crippen molar-refractivity contribution in [3.63, 3.8) is 0 Å². The molecule has 2 atom stereocenters. The zero-order valence-corrected chi connectivity index (χ0v) is 12.0. The third-order valence-corrected chi connectivity index (χ3v) is 3.51.